The molecular formula is C21H37NO. The van der Waals surface area contributed by atoms with E-state index in [1.54, 1.807) is 5.57 Å². The summed E-state index contributed by atoms with van der Waals surface area (Å²) in [6, 6.07) is 0.0328. The Labute approximate surface area is 143 Å². The van der Waals surface area contributed by atoms with E-state index >= 15 is 0 Å². The van der Waals surface area contributed by atoms with Crippen molar-refractivity contribution < 1.29 is 0 Å². The molecule has 2 aliphatic carbocycles. The number of allylic oxidation sites excluding steroid dienone is 1. The van der Waals surface area contributed by atoms with Gasteiger partial charge in [-0.15, -0.1) is 0 Å². The van der Waals surface area contributed by atoms with Crippen molar-refractivity contribution >= 4 is 0 Å². The van der Waals surface area contributed by atoms with Crippen LogP contribution in [0.4, 0.5) is 0 Å². The first-order valence-electron chi connectivity index (χ1n) is 10.1. The Morgan fingerprint density at radius 1 is 1.30 bits per heavy atom. The molecule has 0 heterocycles. The predicted octanol–water partition coefficient (Wildman–Crippen LogP) is 6.89. The van der Waals surface area contributed by atoms with Crippen LogP contribution in [-0.4, -0.2) is 6.04 Å². The summed E-state index contributed by atoms with van der Waals surface area (Å²) >= 11 is 0. The third-order valence-electron chi connectivity index (χ3n) is 6.81. The fourth-order valence-electron chi connectivity index (χ4n) is 4.69. The molecule has 0 bridgehead atoms. The van der Waals surface area contributed by atoms with Crippen molar-refractivity contribution in [3.63, 3.8) is 0 Å². The van der Waals surface area contributed by atoms with Crippen LogP contribution in [-0.2, 0) is 0 Å². The van der Waals surface area contributed by atoms with Crippen molar-refractivity contribution in [1.29, 1.82) is 0 Å². The molecule has 2 fully saturated rings. The Hall–Kier alpha value is -0.660. The van der Waals surface area contributed by atoms with Crippen molar-refractivity contribution in [2.75, 3.05) is 0 Å². The molecule has 0 aromatic heterocycles. The van der Waals surface area contributed by atoms with Crippen molar-refractivity contribution in [2.24, 2.45) is 28.3 Å². The summed E-state index contributed by atoms with van der Waals surface area (Å²) in [6.07, 6.45) is 14.9. The van der Waals surface area contributed by atoms with E-state index in [0.29, 0.717) is 5.41 Å². The lowest BCUT2D eigenvalue weighted by Crippen LogP contribution is -2.31. The van der Waals surface area contributed by atoms with Crippen molar-refractivity contribution in [2.45, 2.75) is 97.9 Å². The summed E-state index contributed by atoms with van der Waals surface area (Å²) in [5.74, 6) is 2.48. The summed E-state index contributed by atoms with van der Waals surface area (Å²) < 4.78 is 0. The van der Waals surface area contributed by atoms with Crippen molar-refractivity contribution in [3.8, 4) is 0 Å². The third-order valence-corrected chi connectivity index (χ3v) is 6.81. The van der Waals surface area contributed by atoms with Gasteiger partial charge in [0.1, 0.15) is 0 Å². The SMILES string of the molecule is CCCCC(CC)C(C)C/C=C1/CC(N=O)CCC1(C)C1CC1. The molecule has 0 spiro atoms. The fourth-order valence-corrected chi connectivity index (χ4v) is 4.69. The maximum atomic E-state index is 11.0. The molecule has 4 atom stereocenters. The molecule has 0 aliphatic heterocycles. The minimum Gasteiger partial charge on any atom is -0.151 e. The maximum absolute atomic E-state index is 11.0. The van der Waals surface area contributed by atoms with Crippen LogP contribution in [0.15, 0.2) is 16.8 Å². The van der Waals surface area contributed by atoms with Gasteiger partial charge in [0.2, 0.25) is 0 Å². The van der Waals surface area contributed by atoms with Gasteiger partial charge in [0.15, 0.2) is 0 Å². The lowest BCUT2D eigenvalue weighted by molar-refractivity contribution is 0.243. The summed E-state index contributed by atoms with van der Waals surface area (Å²) in [5, 5.41) is 3.37. The van der Waals surface area contributed by atoms with Crippen LogP contribution in [0.1, 0.15) is 91.9 Å². The molecule has 2 heteroatoms. The van der Waals surface area contributed by atoms with E-state index < -0.39 is 0 Å². The summed E-state index contributed by atoms with van der Waals surface area (Å²) in [6.45, 7) is 9.50. The Balaban J connectivity index is 2.02. The topological polar surface area (TPSA) is 29.4 Å². The smallest absolute Gasteiger partial charge is 0.0957 e. The molecule has 2 rings (SSSR count). The lowest BCUT2D eigenvalue weighted by atomic mass is 9.66. The van der Waals surface area contributed by atoms with Crippen LogP contribution in [0.3, 0.4) is 0 Å². The lowest BCUT2D eigenvalue weighted by Gasteiger charge is -2.39. The molecule has 2 nitrogen and oxygen atoms in total. The first-order valence-corrected chi connectivity index (χ1v) is 10.1. The normalized spacial score (nSPS) is 32.7. The zero-order valence-electron chi connectivity index (χ0n) is 15.8. The van der Waals surface area contributed by atoms with Gasteiger partial charge in [-0.1, -0.05) is 70.2 Å². The highest BCUT2D eigenvalue weighted by atomic mass is 16.3. The van der Waals surface area contributed by atoms with Crippen LogP contribution >= 0.6 is 0 Å². The van der Waals surface area contributed by atoms with Crippen LogP contribution in [0, 0.1) is 28.1 Å². The second-order valence-electron chi connectivity index (χ2n) is 8.45. The molecule has 0 aromatic rings. The van der Waals surface area contributed by atoms with Gasteiger partial charge >= 0.3 is 0 Å². The Morgan fingerprint density at radius 3 is 2.61 bits per heavy atom. The van der Waals surface area contributed by atoms with E-state index in [1.165, 1.54) is 51.4 Å². The van der Waals surface area contributed by atoms with E-state index in [9.17, 15) is 4.91 Å². The van der Waals surface area contributed by atoms with Gasteiger partial charge in [0, 0.05) is 0 Å². The Kier molecular flexibility index (Phi) is 6.85. The third kappa shape index (κ3) is 4.67. The molecule has 2 aliphatic rings. The molecule has 23 heavy (non-hydrogen) atoms. The van der Waals surface area contributed by atoms with Gasteiger partial charge in [-0.2, -0.15) is 4.91 Å². The fraction of sp³-hybridized carbons (Fsp3) is 0.905. The number of rotatable bonds is 9. The first-order chi connectivity index (χ1) is 11.0. The van der Waals surface area contributed by atoms with Crippen LogP contribution in [0.5, 0.6) is 0 Å². The monoisotopic (exact) mass is 319 g/mol. The van der Waals surface area contributed by atoms with Gasteiger partial charge in [-0.25, -0.2) is 0 Å². The first kappa shape index (κ1) is 18.7. The summed E-state index contributed by atoms with van der Waals surface area (Å²) in [4.78, 5) is 11.0. The highest BCUT2D eigenvalue weighted by Crippen LogP contribution is 2.56. The maximum Gasteiger partial charge on any atom is 0.0957 e. The number of hydrogen-bond donors (Lipinski definition) is 0. The van der Waals surface area contributed by atoms with Crippen LogP contribution in [0.25, 0.3) is 0 Å². The largest absolute Gasteiger partial charge is 0.151 e. The molecule has 0 radical (unpaired) electrons. The molecule has 4 unspecified atom stereocenters. The van der Waals surface area contributed by atoms with Gasteiger partial charge in [0.25, 0.3) is 0 Å². The van der Waals surface area contributed by atoms with E-state index in [2.05, 4.69) is 38.9 Å². The highest BCUT2D eigenvalue weighted by Gasteiger charge is 2.46. The molecule has 0 saturated heterocycles. The van der Waals surface area contributed by atoms with E-state index in [4.69, 9.17) is 0 Å². The van der Waals surface area contributed by atoms with E-state index in [1.807, 2.05) is 0 Å². The van der Waals surface area contributed by atoms with Gasteiger partial charge in [-0.3, -0.25) is 0 Å². The number of unbranched alkanes of at least 4 members (excludes halogenated alkanes) is 1. The van der Waals surface area contributed by atoms with Crippen molar-refractivity contribution in [3.05, 3.63) is 16.6 Å². The predicted molar refractivity (Wildman–Crippen MR) is 99.4 cm³/mol. The molecule has 132 valence electrons. The van der Waals surface area contributed by atoms with Gasteiger partial charge in [-0.05, 0) is 61.7 Å². The van der Waals surface area contributed by atoms with Gasteiger partial charge < -0.3 is 0 Å². The number of nitroso groups, excluding NO2 is 1. The van der Waals surface area contributed by atoms with Crippen LogP contribution in [0.2, 0.25) is 0 Å². The summed E-state index contributed by atoms with van der Waals surface area (Å²) in [7, 11) is 0. The Morgan fingerprint density at radius 2 is 2.04 bits per heavy atom. The van der Waals surface area contributed by atoms with Gasteiger partial charge in [0.05, 0.1) is 6.04 Å². The van der Waals surface area contributed by atoms with Crippen molar-refractivity contribution in [1.82, 2.24) is 0 Å². The minimum atomic E-state index is 0.0328. The highest BCUT2D eigenvalue weighted by molar-refractivity contribution is 5.22. The molecular weight excluding hydrogens is 282 g/mol. The average molecular weight is 320 g/mol. The van der Waals surface area contributed by atoms with E-state index in [0.717, 1.165) is 30.6 Å². The second-order valence-corrected chi connectivity index (χ2v) is 8.45. The number of nitrogens with zero attached hydrogens (tertiary/aromatic N) is 1. The molecule has 2 saturated carbocycles. The zero-order valence-corrected chi connectivity index (χ0v) is 15.8. The minimum absolute atomic E-state index is 0.0328. The average Bonchev–Trinajstić information content (AvgIpc) is 3.40. The van der Waals surface area contributed by atoms with Crippen LogP contribution < -0.4 is 0 Å². The number of hydrogen-bond acceptors (Lipinski definition) is 2. The standard InChI is InChI=1S/C21H37NO/c1-5-7-8-17(6-2)16(3)9-10-19-15-20(22-23)13-14-21(19,4)18-11-12-18/h10,16-18,20H,5-9,11-15H2,1-4H3/b19-10-. The molecule has 0 amide bonds. The zero-order chi connectivity index (χ0) is 16.9. The van der Waals surface area contributed by atoms with E-state index in [-0.39, 0.29) is 6.04 Å². The quantitative estimate of drug-likeness (QED) is 0.336. The molecule has 0 aromatic carbocycles. The molecule has 0 N–H and O–H groups in total. The second kappa shape index (κ2) is 8.44. The summed E-state index contributed by atoms with van der Waals surface area (Å²) in [5.41, 5.74) is 1.93. The Bertz CT molecular complexity index is 412.